The number of aliphatic hydroxyl groups excluding tert-OH is 1. The Morgan fingerprint density at radius 1 is 1.00 bits per heavy atom. The van der Waals surface area contributed by atoms with Crippen molar-refractivity contribution >= 4 is 5.97 Å². The maximum Gasteiger partial charge on any atom is 0.306 e. The predicted molar refractivity (Wildman–Crippen MR) is 76.0 cm³/mol. The lowest BCUT2D eigenvalue weighted by atomic mass is 10.1. The summed E-state index contributed by atoms with van der Waals surface area (Å²) in [6.07, 6.45) is 10.3. The number of aliphatic hydroxyl groups is 1. The maximum atomic E-state index is 11.6. The van der Waals surface area contributed by atoms with Crippen LogP contribution in [0.1, 0.15) is 64.2 Å². The highest BCUT2D eigenvalue weighted by Gasteiger charge is 2.16. The molecule has 0 atom stereocenters. The number of piperidine rings is 1. The van der Waals surface area contributed by atoms with E-state index in [9.17, 15) is 4.79 Å². The molecule has 1 fully saturated rings. The lowest BCUT2D eigenvalue weighted by Crippen LogP contribution is -2.33. The number of unbranched alkanes of at least 4 members (excludes halogenated alkanes) is 6. The van der Waals surface area contributed by atoms with Crippen LogP contribution in [0.15, 0.2) is 0 Å². The smallest absolute Gasteiger partial charge is 0.306 e. The first-order valence-electron chi connectivity index (χ1n) is 7.84. The third-order valence-corrected chi connectivity index (χ3v) is 3.62. The van der Waals surface area contributed by atoms with Crippen LogP contribution in [0.25, 0.3) is 0 Å². The standard InChI is InChI=1S/C15H29NO3/c17-13-7-5-3-1-2-4-6-8-15(18)19-14-9-11-16-12-10-14/h14,16-17H,1-13H2. The molecule has 0 radical (unpaired) electrons. The molecule has 0 saturated carbocycles. The Hall–Kier alpha value is -0.610. The van der Waals surface area contributed by atoms with Gasteiger partial charge < -0.3 is 15.2 Å². The lowest BCUT2D eigenvalue weighted by molar-refractivity contribution is -0.150. The Morgan fingerprint density at radius 2 is 1.58 bits per heavy atom. The van der Waals surface area contributed by atoms with Gasteiger partial charge in [-0.1, -0.05) is 32.1 Å². The van der Waals surface area contributed by atoms with Crippen molar-refractivity contribution in [2.45, 2.75) is 70.3 Å². The minimum atomic E-state index is -0.0211. The zero-order valence-electron chi connectivity index (χ0n) is 12.0. The topological polar surface area (TPSA) is 58.6 Å². The Bertz CT molecular complexity index is 227. The first kappa shape index (κ1) is 16.4. The van der Waals surface area contributed by atoms with Gasteiger partial charge in [0.25, 0.3) is 0 Å². The van der Waals surface area contributed by atoms with Crippen molar-refractivity contribution in [3.05, 3.63) is 0 Å². The molecule has 1 aliphatic rings. The second-order valence-corrected chi connectivity index (χ2v) is 5.39. The number of carbonyl (C=O) groups is 1. The predicted octanol–water partition coefficient (Wildman–Crippen LogP) is 2.39. The summed E-state index contributed by atoms with van der Waals surface area (Å²) in [4.78, 5) is 11.6. The fraction of sp³-hybridized carbons (Fsp3) is 0.933. The van der Waals surface area contributed by atoms with Gasteiger partial charge in [0.1, 0.15) is 6.10 Å². The van der Waals surface area contributed by atoms with Crippen LogP contribution in [0.5, 0.6) is 0 Å². The van der Waals surface area contributed by atoms with E-state index in [4.69, 9.17) is 9.84 Å². The summed E-state index contributed by atoms with van der Waals surface area (Å²) in [5, 5.41) is 11.9. The minimum absolute atomic E-state index is 0.0211. The molecule has 19 heavy (non-hydrogen) atoms. The Kier molecular flexibility index (Phi) is 9.72. The first-order valence-corrected chi connectivity index (χ1v) is 7.84. The number of nitrogens with one attached hydrogen (secondary N) is 1. The number of ether oxygens (including phenoxy) is 1. The van der Waals surface area contributed by atoms with E-state index in [2.05, 4.69) is 5.32 Å². The quantitative estimate of drug-likeness (QED) is 0.473. The van der Waals surface area contributed by atoms with Gasteiger partial charge in [0.2, 0.25) is 0 Å². The molecule has 1 heterocycles. The van der Waals surface area contributed by atoms with Gasteiger partial charge in [0.05, 0.1) is 0 Å². The minimum Gasteiger partial charge on any atom is -0.462 e. The number of carbonyl (C=O) groups excluding carboxylic acids is 1. The van der Waals surface area contributed by atoms with Crippen molar-refractivity contribution in [3.63, 3.8) is 0 Å². The molecular weight excluding hydrogens is 242 g/mol. The van der Waals surface area contributed by atoms with Crippen LogP contribution in [-0.2, 0) is 9.53 Å². The fourth-order valence-corrected chi connectivity index (χ4v) is 2.42. The number of hydrogen-bond acceptors (Lipinski definition) is 4. The summed E-state index contributed by atoms with van der Waals surface area (Å²) in [6, 6.07) is 0. The van der Waals surface area contributed by atoms with Gasteiger partial charge in [0, 0.05) is 13.0 Å². The molecule has 0 aliphatic carbocycles. The second kappa shape index (κ2) is 11.2. The van der Waals surface area contributed by atoms with Crippen molar-refractivity contribution in [1.29, 1.82) is 0 Å². The van der Waals surface area contributed by atoms with Crippen molar-refractivity contribution < 1.29 is 14.6 Å². The molecule has 0 unspecified atom stereocenters. The highest BCUT2D eigenvalue weighted by atomic mass is 16.5. The van der Waals surface area contributed by atoms with Crippen molar-refractivity contribution in [2.24, 2.45) is 0 Å². The zero-order valence-corrected chi connectivity index (χ0v) is 12.0. The average Bonchev–Trinajstić information content (AvgIpc) is 2.43. The molecule has 0 bridgehead atoms. The largest absolute Gasteiger partial charge is 0.462 e. The average molecular weight is 271 g/mol. The molecular formula is C15H29NO3. The SMILES string of the molecule is O=C(CCCCCCCCCO)OC1CCNCC1. The van der Waals surface area contributed by atoms with Gasteiger partial charge in [0.15, 0.2) is 0 Å². The Balaban J connectivity index is 1.87. The number of esters is 1. The summed E-state index contributed by atoms with van der Waals surface area (Å²) in [5.74, 6) is -0.0211. The summed E-state index contributed by atoms with van der Waals surface area (Å²) in [6.45, 7) is 2.24. The normalized spacial score (nSPS) is 16.5. The van der Waals surface area contributed by atoms with E-state index in [-0.39, 0.29) is 12.1 Å². The highest BCUT2D eigenvalue weighted by molar-refractivity contribution is 5.69. The molecule has 112 valence electrons. The van der Waals surface area contributed by atoms with Crippen LogP contribution in [0, 0.1) is 0 Å². The molecule has 1 rings (SSSR count). The third kappa shape index (κ3) is 9.00. The van der Waals surface area contributed by atoms with Crippen LogP contribution in [0.2, 0.25) is 0 Å². The van der Waals surface area contributed by atoms with Crippen LogP contribution in [0.4, 0.5) is 0 Å². The van der Waals surface area contributed by atoms with Crippen LogP contribution >= 0.6 is 0 Å². The molecule has 0 aromatic rings. The summed E-state index contributed by atoms with van der Waals surface area (Å²) >= 11 is 0. The first-order chi connectivity index (χ1) is 9.33. The monoisotopic (exact) mass is 271 g/mol. The zero-order chi connectivity index (χ0) is 13.8. The fourth-order valence-electron chi connectivity index (χ4n) is 2.42. The highest BCUT2D eigenvalue weighted by Crippen LogP contribution is 2.12. The molecule has 0 amide bonds. The van der Waals surface area contributed by atoms with Gasteiger partial charge in [-0.25, -0.2) is 0 Å². The van der Waals surface area contributed by atoms with Gasteiger partial charge in [-0.15, -0.1) is 0 Å². The lowest BCUT2D eigenvalue weighted by Gasteiger charge is -2.22. The van der Waals surface area contributed by atoms with Gasteiger partial charge >= 0.3 is 5.97 Å². The Labute approximate surface area is 116 Å². The van der Waals surface area contributed by atoms with E-state index in [1.165, 1.54) is 19.3 Å². The van der Waals surface area contributed by atoms with E-state index in [1.807, 2.05) is 0 Å². The second-order valence-electron chi connectivity index (χ2n) is 5.39. The molecule has 0 aromatic carbocycles. The van der Waals surface area contributed by atoms with Crippen LogP contribution < -0.4 is 5.32 Å². The maximum absolute atomic E-state index is 11.6. The van der Waals surface area contributed by atoms with Gasteiger partial charge in [-0.2, -0.15) is 0 Å². The van der Waals surface area contributed by atoms with E-state index in [0.29, 0.717) is 13.0 Å². The molecule has 4 nitrogen and oxygen atoms in total. The van der Waals surface area contributed by atoms with Crippen molar-refractivity contribution in [3.8, 4) is 0 Å². The van der Waals surface area contributed by atoms with Gasteiger partial charge in [-0.05, 0) is 38.8 Å². The molecule has 0 spiro atoms. The Morgan fingerprint density at radius 3 is 2.21 bits per heavy atom. The molecule has 1 aliphatic heterocycles. The summed E-state index contributed by atoms with van der Waals surface area (Å²) in [5.41, 5.74) is 0. The molecule has 2 N–H and O–H groups in total. The number of hydrogen-bond donors (Lipinski definition) is 2. The van der Waals surface area contributed by atoms with Crippen molar-refractivity contribution in [2.75, 3.05) is 19.7 Å². The number of rotatable bonds is 10. The molecule has 0 aromatic heterocycles. The van der Waals surface area contributed by atoms with E-state index >= 15 is 0 Å². The van der Waals surface area contributed by atoms with E-state index in [1.54, 1.807) is 0 Å². The molecule has 1 saturated heterocycles. The van der Waals surface area contributed by atoms with E-state index in [0.717, 1.165) is 51.6 Å². The van der Waals surface area contributed by atoms with Gasteiger partial charge in [-0.3, -0.25) is 4.79 Å². The van der Waals surface area contributed by atoms with Crippen LogP contribution in [0.3, 0.4) is 0 Å². The summed E-state index contributed by atoms with van der Waals surface area (Å²) < 4.78 is 5.44. The van der Waals surface area contributed by atoms with Crippen LogP contribution in [-0.4, -0.2) is 36.9 Å². The molecule has 4 heteroatoms. The summed E-state index contributed by atoms with van der Waals surface area (Å²) in [7, 11) is 0. The third-order valence-electron chi connectivity index (χ3n) is 3.62. The van der Waals surface area contributed by atoms with Crippen molar-refractivity contribution in [1.82, 2.24) is 5.32 Å². The van der Waals surface area contributed by atoms with E-state index < -0.39 is 0 Å².